The van der Waals surface area contributed by atoms with E-state index in [0.717, 1.165) is 30.4 Å². The van der Waals surface area contributed by atoms with Crippen LogP contribution in [0.2, 0.25) is 0 Å². The highest BCUT2D eigenvalue weighted by Gasteiger charge is 2.44. The zero-order valence-electron chi connectivity index (χ0n) is 14.3. The maximum atomic E-state index is 12.5. The molecule has 2 aliphatic heterocycles. The van der Waals surface area contributed by atoms with Crippen molar-refractivity contribution in [3.8, 4) is 0 Å². The lowest BCUT2D eigenvalue weighted by Crippen LogP contribution is -2.56. The number of benzene rings is 1. The third-order valence-electron chi connectivity index (χ3n) is 4.53. The molecular weight excluding hydrogens is 356 g/mol. The first-order chi connectivity index (χ1) is 10.7. The van der Waals surface area contributed by atoms with Gasteiger partial charge >= 0.3 is 6.09 Å². The second-order valence-corrected chi connectivity index (χ2v) is 8.49. The van der Waals surface area contributed by atoms with E-state index in [4.69, 9.17) is 4.74 Å². The van der Waals surface area contributed by atoms with Gasteiger partial charge in [-0.15, -0.1) is 0 Å². The molecule has 0 radical (unpaired) electrons. The number of carbonyl (C=O) groups is 1. The van der Waals surface area contributed by atoms with Crippen LogP contribution in [0.4, 0.5) is 10.5 Å². The van der Waals surface area contributed by atoms with Crippen molar-refractivity contribution >= 4 is 27.7 Å². The number of piperazine rings is 1. The van der Waals surface area contributed by atoms with Crippen molar-refractivity contribution in [2.75, 3.05) is 18.0 Å². The molecule has 126 valence electrons. The van der Waals surface area contributed by atoms with Crippen LogP contribution in [-0.2, 0) is 4.74 Å². The lowest BCUT2D eigenvalue weighted by atomic mass is 10.1. The molecule has 0 saturated carbocycles. The van der Waals surface area contributed by atoms with Gasteiger partial charge in [-0.1, -0.05) is 6.07 Å². The number of aryl methyl sites for hydroxylation is 1. The molecule has 2 unspecified atom stereocenters. The lowest BCUT2D eigenvalue weighted by Gasteiger charge is -2.42. The summed E-state index contributed by atoms with van der Waals surface area (Å²) in [6.45, 7) is 9.61. The number of halogens is 1. The maximum Gasteiger partial charge on any atom is 0.410 e. The van der Waals surface area contributed by atoms with Crippen molar-refractivity contribution in [1.82, 2.24) is 4.90 Å². The number of rotatable bonds is 1. The normalized spacial score (nSPS) is 24.0. The largest absolute Gasteiger partial charge is 0.444 e. The monoisotopic (exact) mass is 380 g/mol. The molecule has 1 amide bonds. The fourth-order valence-corrected chi connectivity index (χ4v) is 4.32. The molecular formula is C18H25BrN2O2. The zero-order chi connectivity index (χ0) is 16.8. The first-order valence-electron chi connectivity index (χ1n) is 8.27. The molecule has 2 saturated heterocycles. The van der Waals surface area contributed by atoms with E-state index in [-0.39, 0.29) is 18.2 Å². The molecule has 2 bridgehead atoms. The van der Waals surface area contributed by atoms with Gasteiger partial charge in [-0.3, -0.25) is 4.90 Å². The van der Waals surface area contributed by atoms with Gasteiger partial charge in [-0.2, -0.15) is 0 Å². The first-order valence-corrected chi connectivity index (χ1v) is 9.06. The SMILES string of the molecule is Cc1ccc(N2CC3CCC(C2)N3C(=O)OC(C)(C)C)c(Br)c1. The summed E-state index contributed by atoms with van der Waals surface area (Å²) >= 11 is 3.68. The average molecular weight is 381 g/mol. The van der Waals surface area contributed by atoms with E-state index >= 15 is 0 Å². The van der Waals surface area contributed by atoms with Gasteiger partial charge in [0.1, 0.15) is 5.60 Å². The Morgan fingerprint density at radius 1 is 1.22 bits per heavy atom. The second kappa shape index (κ2) is 6.00. The molecule has 1 aromatic rings. The molecule has 3 rings (SSSR count). The number of fused-ring (bicyclic) bond motifs is 2. The molecule has 2 fully saturated rings. The topological polar surface area (TPSA) is 32.8 Å². The molecule has 23 heavy (non-hydrogen) atoms. The van der Waals surface area contributed by atoms with Crippen molar-refractivity contribution in [2.24, 2.45) is 0 Å². The van der Waals surface area contributed by atoms with Gasteiger partial charge < -0.3 is 9.64 Å². The number of hydrogen-bond donors (Lipinski definition) is 0. The summed E-state index contributed by atoms with van der Waals surface area (Å²) in [6.07, 6.45) is 1.96. The Bertz CT molecular complexity index is 598. The molecule has 0 aliphatic carbocycles. The van der Waals surface area contributed by atoms with E-state index in [1.54, 1.807) is 0 Å². The van der Waals surface area contributed by atoms with Crippen LogP contribution in [0, 0.1) is 6.92 Å². The number of ether oxygens (including phenoxy) is 1. The van der Waals surface area contributed by atoms with Crippen LogP contribution in [0.25, 0.3) is 0 Å². The highest BCUT2D eigenvalue weighted by Crippen LogP contribution is 2.36. The Balaban J connectivity index is 1.75. The van der Waals surface area contributed by atoms with Crippen molar-refractivity contribution in [2.45, 2.75) is 58.2 Å². The molecule has 2 heterocycles. The van der Waals surface area contributed by atoms with Gasteiger partial charge in [0.25, 0.3) is 0 Å². The average Bonchev–Trinajstić information content (AvgIpc) is 2.68. The minimum absolute atomic E-state index is 0.160. The summed E-state index contributed by atoms with van der Waals surface area (Å²) in [5, 5.41) is 0. The molecule has 0 aromatic heterocycles. The highest BCUT2D eigenvalue weighted by atomic mass is 79.9. The molecule has 0 N–H and O–H groups in total. The predicted molar refractivity (Wildman–Crippen MR) is 96.0 cm³/mol. The third kappa shape index (κ3) is 3.49. The molecule has 0 spiro atoms. The first kappa shape index (κ1) is 16.6. The molecule has 5 heteroatoms. The number of hydrogen-bond acceptors (Lipinski definition) is 3. The van der Waals surface area contributed by atoms with Gasteiger partial charge in [-0.05, 0) is 74.2 Å². The summed E-state index contributed by atoms with van der Waals surface area (Å²) in [4.78, 5) is 16.9. The standard InChI is InChI=1S/C18H25BrN2O2/c1-12-5-8-16(15(19)9-12)20-10-13-6-7-14(11-20)21(13)17(22)23-18(2,3)4/h5,8-9,13-14H,6-7,10-11H2,1-4H3. The van der Waals surface area contributed by atoms with Gasteiger partial charge in [-0.25, -0.2) is 4.79 Å². The Morgan fingerprint density at radius 3 is 2.35 bits per heavy atom. The van der Waals surface area contributed by atoms with E-state index in [2.05, 4.69) is 46.0 Å². The second-order valence-electron chi connectivity index (χ2n) is 7.63. The minimum Gasteiger partial charge on any atom is -0.444 e. The lowest BCUT2D eigenvalue weighted by molar-refractivity contribution is 0.0123. The van der Waals surface area contributed by atoms with Crippen LogP contribution in [0.1, 0.15) is 39.2 Å². The summed E-state index contributed by atoms with van der Waals surface area (Å²) in [5.41, 5.74) is 2.03. The van der Waals surface area contributed by atoms with Crippen LogP contribution in [-0.4, -0.2) is 41.8 Å². The van der Waals surface area contributed by atoms with E-state index in [0.29, 0.717) is 0 Å². The van der Waals surface area contributed by atoms with E-state index in [9.17, 15) is 4.79 Å². The zero-order valence-corrected chi connectivity index (χ0v) is 15.9. The molecule has 2 atom stereocenters. The third-order valence-corrected chi connectivity index (χ3v) is 5.17. The van der Waals surface area contributed by atoms with Gasteiger partial charge in [0.05, 0.1) is 17.8 Å². The fraction of sp³-hybridized carbons (Fsp3) is 0.611. The summed E-state index contributed by atoms with van der Waals surface area (Å²) < 4.78 is 6.73. The molecule has 1 aromatic carbocycles. The van der Waals surface area contributed by atoms with E-state index in [1.807, 2.05) is 25.7 Å². The molecule has 2 aliphatic rings. The maximum absolute atomic E-state index is 12.5. The molecule has 4 nitrogen and oxygen atoms in total. The van der Waals surface area contributed by atoms with Crippen LogP contribution >= 0.6 is 15.9 Å². The van der Waals surface area contributed by atoms with Gasteiger partial charge in [0, 0.05) is 17.6 Å². The number of nitrogens with zero attached hydrogens (tertiary/aromatic N) is 2. The predicted octanol–water partition coefficient (Wildman–Crippen LogP) is 4.35. The van der Waals surface area contributed by atoms with E-state index < -0.39 is 5.60 Å². The Kier molecular flexibility index (Phi) is 4.34. The number of carbonyl (C=O) groups excluding carboxylic acids is 1. The van der Waals surface area contributed by atoms with Gasteiger partial charge in [0.2, 0.25) is 0 Å². The van der Waals surface area contributed by atoms with Crippen LogP contribution in [0.3, 0.4) is 0 Å². The minimum atomic E-state index is -0.437. The summed E-state index contributed by atoms with van der Waals surface area (Å²) in [5.74, 6) is 0. The van der Waals surface area contributed by atoms with Gasteiger partial charge in [0.15, 0.2) is 0 Å². The number of anilines is 1. The summed E-state index contributed by atoms with van der Waals surface area (Å²) in [7, 11) is 0. The van der Waals surface area contributed by atoms with Crippen molar-refractivity contribution < 1.29 is 9.53 Å². The Hall–Kier alpha value is -1.23. The highest BCUT2D eigenvalue weighted by molar-refractivity contribution is 9.10. The van der Waals surface area contributed by atoms with Crippen LogP contribution in [0.15, 0.2) is 22.7 Å². The van der Waals surface area contributed by atoms with Crippen molar-refractivity contribution in [3.63, 3.8) is 0 Å². The van der Waals surface area contributed by atoms with Crippen molar-refractivity contribution in [1.29, 1.82) is 0 Å². The van der Waals surface area contributed by atoms with E-state index in [1.165, 1.54) is 11.3 Å². The van der Waals surface area contributed by atoms with Crippen LogP contribution < -0.4 is 4.90 Å². The number of amides is 1. The summed E-state index contributed by atoms with van der Waals surface area (Å²) in [6, 6.07) is 6.95. The van der Waals surface area contributed by atoms with Crippen LogP contribution in [0.5, 0.6) is 0 Å². The quantitative estimate of drug-likeness (QED) is 0.725. The van der Waals surface area contributed by atoms with Crippen molar-refractivity contribution in [3.05, 3.63) is 28.2 Å². The Morgan fingerprint density at radius 2 is 1.83 bits per heavy atom. The Labute approximate surface area is 146 Å². The smallest absolute Gasteiger partial charge is 0.410 e. The fourth-order valence-electron chi connectivity index (χ4n) is 3.58.